The summed E-state index contributed by atoms with van der Waals surface area (Å²) in [5.74, 6) is -0.281. The van der Waals surface area contributed by atoms with Crippen LogP contribution >= 0.6 is 23.4 Å². The van der Waals surface area contributed by atoms with Gasteiger partial charge in [-0.05, 0) is 18.2 Å². The topological polar surface area (TPSA) is 61.0 Å². The van der Waals surface area contributed by atoms with E-state index in [2.05, 4.69) is 15.2 Å². The highest BCUT2D eigenvalue weighted by atomic mass is 35.5. The smallest absolute Gasteiger partial charge is 0.417 e. The van der Waals surface area contributed by atoms with Gasteiger partial charge in [-0.25, -0.2) is 4.98 Å². The Morgan fingerprint density at radius 3 is 2.43 bits per heavy atom. The van der Waals surface area contributed by atoms with Gasteiger partial charge in [0.1, 0.15) is 5.02 Å². The number of nitrogens with zero attached hydrogens (tertiary/aromatic N) is 3. The maximum atomic E-state index is 13.1. The Kier molecular flexibility index (Phi) is 6.46. The fourth-order valence-corrected chi connectivity index (χ4v) is 3.05. The number of aromatic nitrogens is 3. The van der Waals surface area contributed by atoms with E-state index in [0.29, 0.717) is 12.3 Å². The summed E-state index contributed by atoms with van der Waals surface area (Å²) in [5, 5.41) is 6.99. The van der Waals surface area contributed by atoms with Gasteiger partial charge in [0.2, 0.25) is 11.8 Å². The maximum absolute atomic E-state index is 13.1. The number of rotatable bonds is 6. The fourth-order valence-electron chi connectivity index (χ4n) is 2.25. The van der Waals surface area contributed by atoms with Crippen LogP contribution in [0.1, 0.15) is 11.1 Å². The molecular weight excluding hydrogens is 460 g/mol. The van der Waals surface area contributed by atoms with Crippen molar-refractivity contribution in [3.8, 4) is 17.3 Å². The SMILES string of the molecule is FC(F)(F)c1cnc(OCCSc2nnc(-c3ccccc3C(F)(F)F)o2)c(Cl)c1. The lowest BCUT2D eigenvalue weighted by molar-refractivity contribution is -0.138. The lowest BCUT2D eigenvalue weighted by atomic mass is 10.1. The molecule has 30 heavy (non-hydrogen) atoms. The van der Waals surface area contributed by atoms with Crippen molar-refractivity contribution < 1.29 is 35.5 Å². The molecule has 1 aromatic carbocycles. The second kappa shape index (κ2) is 8.72. The number of ether oxygens (including phenoxy) is 1. The minimum Gasteiger partial charge on any atom is -0.476 e. The van der Waals surface area contributed by atoms with Gasteiger partial charge in [-0.3, -0.25) is 0 Å². The Hall–Kier alpha value is -2.47. The molecule has 0 spiro atoms. The molecule has 0 unspecified atom stereocenters. The van der Waals surface area contributed by atoms with Crippen molar-refractivity contribution in [2.45, 2.75) is 17.6 Å². The van der Waals surface area contributed by atoms with Crippen LogP contribution in [-0.2, 0) is 12.4 Å². The minimum atomic E-state index is -4.58. The van der Waals surface area contributed by atoms with E-state index in [1.165, 1.54) is 18.2 Å². The quantitative estimate of drug-likeness (QED) is 0.251. The van der Waals surface area contributed by atoms with Crippen LogP contribution in [0.15, 0.2) is 46.2 Å². The van der Waals surface area contributed by atoms with Crippen molar-refractivity contribution >= 4 is 23.4 Å². The van der Waals surface area contributed by atoms with Gasteiger partial charge in [-0.2, -0.15) is 26.3 Å². The number of alkyl halides is 6. The number of thioether (sulfide) groups is 1. The molecule has 0 amide bonds. The molecule has 3 aromatic rings. The molecular formula is C17H10ClF6N3O2S. The molecule has 0 N–H and O–H groups in total. The van der Waals surface area contributed by atoms with Gasteiger partial charge >= 0.3 is 12.4 Å². The van der Waals surface area contributed by atoms with Crippen molar-refractivity contribution in [2.75, 3.05) is 12.4 Å². The van der Waals surface area contributed by atoms with E-state index in [0.717, 1.165) is 17.8 Å². The van der Waals surface area contributed by atoms with Gasteiger partial charge in [0.15, 0.2) is 0 Å². The predicted octanol–water partition coefficient (Wildman–Crippen LogP) is 5.99. The molecule has 0 atom stereocenters. The number of benzene rings is 1. The summed E-state index contributed by atoms with van der Waals surface area (Å²) in [6.45, 7) is -0.0282. The summed E-state index contributed by atoms with van der Waals surface area (Å²) < 4.78 is 87.5. The van der Waals surface area contributed by atoms with Crippen LogP contribution in [0.3, 0.4) is 0 Å². The van der Waals surface area contributed by atoms with Gasteiger partial charge in [0.05, 0.1) is 23.3 Å². The normalized spacial score (nSPS) is 12.2. The van der Waals surface area contributed by atoms with E-state index >= 15 is 0 Å². The van der Waals surface area contributed by atoms with Gasteiger partial charge in [-0.15, -0.1) is 10.2 Å². The Labute approximate surface area is 174 Å². The monoisotopic (exact) mass is 469 g/mol. The van der Waals surface area contributed by atoms with Crippen molar-refractivity contribution in [2.24, 2.45) is 0 Å². The van der Waals surface area contributed by atoms with Crippen LogP contribution in [0, 0.1) is 0 Å². The van der Waals surface area contributed by atoms with Crippen LogP contribution in [0.4, 0.5) is 26.3 Å². The molecule has 0 bridgehead atoms. The average Bonchev–Trinajstić information content (AvgIpc) is 3.13. The van der Waals surface area contributed by atoms with Crippen molar-refractivity contribution in [1.82, 2.24) is 15.2 Å². The van der Waals surface area contributed by atoms with Crippen LogP contribution in [0.5, 0.6) is 5.88 Å². The van der Waals surface area contributed by atoms with Crippen LogP contribution in [0.25, 0.3) is 11.5 Å². The first-order valence-corrected chi connectivity index (χ1v) is 9.40. The Bertz CT molecular complexity index is 1030. The molecule has 0 aliphatic heterocycles. The highest BCUT2D eigenvalue weighted by molar-refractivity contribution is 7.99. The first-order valence-electron chi connectivity index (χ1n) is 8.04. The standard InChI is InChI=1S/C17H10ClF6N3O2S/c18-12-7-9(16(19,20)21)8-25-14(12)28-5-6-30-15-27-26-13(29-15)10-3-1-2-4-11(10)17(22,23)24/h1-4,7-8H,5-6H2. The van der Waals surface area contributed by atoms with Gasteiger partial charge in [-0.1, -0.05) is 35.5 Å². The second-order valence-corrected chi connectivity index (χ2v) is 7.08. The largest absolute Gasteiger partial charge is 0.476 e. The number of pyridine rings is 1. The third-order valence-corrected chi connectivity index (χ3v) is 4.61. The summed E-state index contributed by atoms with van der Waals surface area (Å²) in [7, 11) is 0. The number of hydrogen-bond acceptors (Lipinski definition) is 6. The molecule has 0 aliphatic rings. The van der Waals surface area contributed by atoms with Crippen LogP contribution in [0.2, 0.25) is 5.02 Å². The molecule has 3 rings (SSSR count). The number of hydrogen-bond donors (Lipinski definition) is 0. The third-order valence-electron chi connectivity index (χ3n) is 3.55. The summed E-state index contributed by atoms with van der Waals surface area (Å²) in [6.07, 6.45) is -8.57. The molecule has 13 heteroatoms. The van der Waals surface area contributed by atoms with E-state index in [-0.39, 0.29) is 39.9 Å². The molecule has 0 radical (unpaired) electrons. The minimum absolute atomic E-state index is 0.00273. The van der Waals surface area contributed by atoms with Gasteiger partial charge in [0, 0.05) is 11.9 Å². The summed E-state index contributed by atoms with van der Waals surface area (Å²) >= 11 is 6.71. The van der Waals surface area contributed by atoms with E-state index in [4.69, 9.17) is 20.8 Å². The van der Waals surface area contributed by atoms with Crippen molar-refractivity contribution in [3.05, 3.63) is 52.7 Å². The zero-order valence-corrected chi connectivity index (χ0v) is 16.2. The highest BCUT2D eigenvalue weighted by Crippen LogP contribution is 2.37. The Balaban J connectivity index is 1.59. The average molecular weight is 470 g/mol. The molecule has 2 aromatic heterocycles. The zero-order valence-electron chi connectivity index (χ0n) is 14.6. The Morgan fingerprint density at radius 2 is 1.77 bits per heavy atom. The van der Waals surface area contributed by atoms with E-state index in [1.807, 2.05) is 0 Å². The highest BCUT2D eigenvalue weighted by Gasteiger charge is 2.35. The lowest BCUT2D eigenvalue weighted by Gasteiger charge is -2.10. The Morgan fingerprint density at radius 1 is 1.03 bits per heavy atom. The number of halogens is 7. The maximum Gasteiger partial charge on any atom is 0.417 e. The second-order valence-electron chi connectivity index (χ2n) is 5.62. The molecule has 0 saturated heterocycles. The molecule has 0 fully saturated rings. The molecule has 0 saturated carbocycles. The van der Waals surface area contributed by atoms with Crippen molar-refractivity contribution in [3.63, 3.8) is 0 Å². The molecule has 0 aliphatic carbocycles. The van der Waals surface area contributed by atoms with E-state index in [9.17, 15) is 26.3 Å². The summed E-state index contributed by atoms with van der Waals surface area (Å²) in [5.41, 5.74) is -2.16. The summed E-state index contributed by atoms with van der Waals surface area (Å²) in [4.78, 5) is 3.52. The summed E-state index contributed by atoms with van der Waals surface area (Å²) in [6, 6.07) is 5.47. The van der Waals surface area contributed by atoms with Crippen LogP contribution < -0.4 is 4.74 Å². The molecule has 2 heterocycles. The van der Waals surface area contributed by atoms with Crippen molar-refractivity contribution in [1.29, 1.82) is 0 Å². The van der Waals surface area contributed by atoms with Crippen LogP contribution in [-0.4, -0.2) is 27.5 Å². The fraction of sp³-hybridized carbons (Fsp3) is 0.235. The first-order chi connectivity index (χ1) is 14.1. The van der Waals surface area contributed by atoms with Gasteiger partial charge in [0.25, 0.3) is 5.22 Å². The molecule has 160 valence electrons. The molecule has 5 nitrogen and oxygen atoms in total. The predicted molar refractivity (Wildman–Crippen MR) is 95.2 cm³/mol. The first kappa shape index (κ1) is 22.2. The van der Waals surface area contributed by atoms with E-state index in [1.54, 1.807) is 0 Å². The van der Waals surface area contributed by atoms with Gasteiger partial charge < -0.3 is 9.15 Å². The zero-order chi connectivity index (χ0) is 21.9. The lowest BCUT2D eigenvalue weighted by Crippen LogP contribution is -2.07. The van der Waals surface area contributed by atoms with E-state index < -0.39 is 23.5 Å². The third kappa shape index (κ3) is 5.36.